The molecule has 3 rings (SSSR count). The Balaban J connectivity index is 1.95. The Labute approximate surface area is 116 Å². The Morgan fingerprint density at radius 2 is 1.89 bits per heavy atom. The molecule has 3 nitrogen and oxygen atoms in total. The molecule has 0 bridgehead atoms. The van der Waals surface area contributed by atoms with Gasteiger partial charge in [-0.05, 0) is 63.7 Å². The van der Waals surface area contributed by atoms with Gasteiger partial charge < -0.3 is 9.47 Å². The molecule has 1 unspecified atom stereocenters. The molecule has 0 radical (unpaired) electrons. The Morgan fingerprint density at radius 1 is 1.11 bits per heavy atom. The molecule has 0 spiro atoms. The maximum absolute atomic E-state index is 10.9. The van der Waals surface area contributed by atoms with Crippen molar-refractivity contribution in [3.8, 4) is 0 Å². The molecule has 3 fully saturated rings. The van der Waals surface area contributed by atoms with E-state index in [1.807, 2.05) is 0 Å². The molecule has 1 heterocycles. The molecule has 0 aromatic carbocycles. The molecule has 2 aliphatic carbocycles. The highest BCUT2D eigenvalue weighted by Gasteiger charge is 2.62. The zero-order chi connectivity index (χ0) is 13.7. The summed E-state index contributed by atoms with van der Waals surface area (Å²) < 4.78 is 11.6. The molecule has 0 N–H and O–H groups in total. The van der Waals surface area contributed by atoms with Crippen LogP contribution in [0.2, 0.25) is 0 Å². The molecule has 3 aliphatic rings. The van der Waals surface area contributed by atoms with E-state index in [2.05, 4.69) is 20.8 Å². The van der Waals surface area contributed by atoms with Crippen LogP contribution in [0.3, 0.4) is 0 Å². The third-order valence-electron chi connectivity index (χ3n) is 6.54. The molecule has 0 aromatic rings. The van der Waals surface area contributed by atoms with Crippen LogP contribution in [0, 0.1) is 17.3 Å². The maximum atomic E-state index is 10.9. The van der Waals surface area contributed by atoms with E-state index in [1.165, 1.54) is 12.8 Å². The van der Waals surface area contributed by atoms with Gasteiger partial charge in [-0.3, -0.25) is 4.79 Å². The summed E-state index contributed by atoms with van der Waals surface area (Å²) in [5, 5.41) is 0. The fourth-order valence-corrected chi connectivity index (χ4v) is 5.69. The minimum atomic E-state index is -0.265. The summed E-state index contributed by atoms with van der Waals surface area (Å²) in [6.45, 7) is 8.40. The van der Waals surface area contributed by atoms with Crippen molar-refractivity contribution in [2.45, 2.75) is 70.5 Å². The minimum absolute atomic E-state index is 0.0602. The smallest absolute Gasteiger partial charge is 0.293 e. The molecule has 108 valence electrons. The lowest BCUT2D eigenvalue weighted by molar-refractivity contribution is -0.195. The van der Waals surface area contributed by atoms with Gasteiger partial charge in [-0.2, -0.15) is 0 Å². The van der Waals surface area contributed by atoms with Crippen LogP contribution in [0.1, 0.15) is 59.3 Å². The summed E-state index contributed by atoms with van der Waals surface area (Å²) in [5.41, 5.74) is 0.0584. The fraction of sp³-hybridized carbons (Fsp3) is 0.938. The Kier molecular flexibility index (Phi) is 2.97. The summed E-state index contributed by atoms with van der Waals surface area (Å²) in [5.74, 6) is 1.10. The predicted octanol–water partition coefficient (Wildman–Crippen LogP) is 3.31. The third kappa shape index (κ3) is 1.77. The molecule has 3 heteroatoms. The van der Waals surface area contributed by atoms with Crippen LogP contribution < -0.4 is 0 Å². The normalized spacial score (nSPS) is 53.2. The zero-order valence-electron chi connectivity index (χ0n) is 12.4. The van der Waals surface area contributed by atoms with Gasteiger partial charge in [0.2, 0.25) is 0 Å². The van der Waals surface area contributed by atoms with E-state index >= 15 is 0 Å². The van der Waals surface area contributed by atoms with E-state index in [1.54, 1.807) is 0 Å². The maximum Gasteiger partial charge on any atom is 0.293 e. The molecular weight excluding hydrogens is 240 g/mol. The number of rotatable bonds is 2. The van der Waals surface area contributed by atoms with E-state index in [0.717, 1.165) is 32.3 Å². The van der Waals surface area contributed by atoms with Crippen molar-refractivity contribution in [2.24, 2.45) is 17.3 Å². The average molecular weight is 266 g/mol. The van der Waals surface area contributed by atoms with Crippen LogP contribution in [0.25, 0.3) is 0 Å². The standard InChI is InChI=1S/C16H26O3/c1-14-7-4-8-15(2,19-11-17)12(14)5-9-16(3)13(14)6-10-18-16/h11-13H,4-10H2,1-3H3/t12?,13-,14+,15-,16-/m1/s1. The van der Waals surface area contributed by atoms with E-state index in [-0.39, 0.29) is 16.6 Å². The molecule has 1 aliphatic heterocycles. The predicted molar refractivity (Wildman–Crippen MR) is 72.7 cm³/mol. The van der Waals surface area contributed by atoms with Crippen LogP contribution in [-0.2, 0) is 14.3 Å². The third-order valence-corrected chi connectivity index (χ3v) is 6.54. The van der Waals surface area contributed by atoms with Gasteiger partial charge in [0.15, 0.2) is 0 Å². The quantitative estimate of drug-likeness (QED) is 0.719. The summed E-state index contributed by atoms with van der Waals surface area (Å²) in [4.78, 5) is 10.9. The Bertz CT molecular complexity index is 382. The number of hydrogen-bond donors (Lipinski definition) is 0. The van der Waals surface area contributed by atoms with Crippen molar-refractivity contribution in [1.82, 2.24) is 0 Å². The van der Waals surface area contributed by atoms with E-state index in [4.69, 9.17) is 9.47 Å². The van der Waals surface area contributed by atoms with Crippen molar-refractivity contribution < 1.29 is 14.3 Å². The Morgan fingerprint density at radius 3 is 2.63 bits per heavy atom. The first-order valence-electron chi connectivity index (χ1n) is 7.70. The van der Waals surface area contributed by atoms with Crippen LogP contribution in [0.4, 0.5) is 0 Å². The lowest BCUT2D eigenvalue weighted by atomic mass is 9.48. The first kappa shape index (κ1) is 13.4. The first-order valence-corrected chi connectivity index (χ1v) is 7.70. The van der Waals surface area contributed by atoms with Crippen molar-refractivity contribution in [3.63, 3.8) is 0 Å². The molecule has 0 aromatic heterocycles. The minimum Gasteiger partial charge on any atom is -0.461 e. The summed E-state index contributed by atoms with van der Waals surface area (Å²) in [6, 6.07) is 0. The molecule has 19 heavy (non-hydrogen) atoms. The molecule has 1 saturated heterocycles. The van der Waals surface area contributed by atoms with E-state index < -0.39 is 0 Å². The van der Waals surface area contributed by atoms with Gasteiger partial charge in [0.1, 0.15) is 5.60 Å². The number of ether oxygens (including phenoxy) is 2. The van der Waals surface area contributed by atoms with Gasteiger partial charge in [0, 0.05) is 12.5 Å². The summed E-state index contributed by atoms with van der Waals surface area (Å²) in [6.07, 6.45) is 6.81. The van der Waals surface area contributed by atoms with Gasteiger partial charge >= 0.3 is 0 Å². The summed E-state index contributed by atoms with van der Waals surface area (Å²) >= 11 is 0. The topological polar surface area (TPSA) is 35.5 Å². The number of carbonyl (C=O) groups excluding carboxylic acids is 1. The number of hydrogen-bond acceptors (Lipinski definition) is 3. The fourth-order valence-electron chi connectivity index (χ4n) is 5.69. The van der Waals surface area contributed by atoms with Crippen LogP contribution >= 0.6 is 0 Å². The van der Waals surface area contributed by atoms with Crippen molar-refractivity contribution in [2.75, 3.05) is 6.61 Å². The van der Waals surface area contributed by atoms with Gasteiger partial charge in [0.05, 0.1) is 5.60 Å². The highest BCUT2D eigenvalue weighted by atomic mass is 16.5. The Hall–Kier alpha value is -0.570. The van der Waals surface area contributed by atoms with Crippen LogP contribution in [-0.4, -0.2) is 24.3 Å². The number of carbonyl (C=O) groups is 1. The highest BCUT2D eigenvalue weighted by Crippen LogP contribution is 2.63. The SMILES string of the molecule is C[C@@]1(OC=O)CCC[C@@]2(C)C1CC[C@@]1(C)OCC[C@@H]12. The first-order chi connectivity index (χ1) is 8.95. The lowest BCUT2D eigenvalue weighted by Crippen LogP contribution is -2.59. The monoisotopic (exact) mass is 266 g/mol. The van der Waals surface area contributed by atoms with Gasteiger partial charge in [0.25, 0.3) is 6.47 Å². The second-order valence-electron chi connectivity index (χ2n) is 7.48. The van der Waals surface area contributed by atoms with E-state index in [9.17, 15) is 4.79 Å². The van der Waals surface area contributed by atoms with Crippen molar-refractivity contribution in [1.29, 1.82) is 0 Å². The average Bonchev–Trinajstić information content (AvgIpc) is 2.72. The van der Waals surface area contributed by atoms with Crippen LogP contribution in [0.5, 0.6) is 0 Å². The number of fused-ring (bicyclic) bond motifs is 3. The lowest BCUT2D eigenvalue weighted by Gasteiger charge is -2.59. The highest BCUT2D eigenvalue weighted by molar-refractivity contribution is 5.38. The van der Waals surface area contributed by atoms with Crippen molar-refractivity contribution >= 4 is 6.47 Å². The van der Waals surface area contributed by atoms with Crippen LogP contribution in [0.15, 0.2) is 0 Å². The summed E-state index contributed by atoms with van der Waals surface area (Å²) in [7, 11) is 0. The molecule has 0 amide bonds. The molecule has 5 atom stereocenters. The largest absolute Gasteiger partial charge is 0.461 e. The van der Waals surface area contributed by atoms with E-state index in [0.29, 0.717) is 18.3 Å². The van der Waals surface area contributed by atoms with Gasteiger partial charge in [-0.25, -0.2) is 0 Å². The zero-order valence-corrected chi connectivity index (χ0v) is 12.4. The second kappa shape index (κ2) is 4.21. The molecular formula is C16H26O3. The molecule has 2 saturated carbocycles. The van der Waals surface area contributed by atoms with Gasteiger partial charge in [-0.15, -0.1) is 0 Å². The van der Waals surface area contributed by atoms with Crippen molar-refractivity contribution in [3.05, 3.63) is 0 Å². The van der Waals surface area contributed by atoms with Gasteiger partial charge in [-0.1, -0.05) is 6.92 Å². The second-order valence-corrected chi connectivity index (χ2v) is 7.48.